The molecule has 0 radical (unpaired) electrons. The van der Waals surface area contributed by atoms with E-state index in [-0.39, 0.29) is 6.61 Å². The van der Waals surface area contributed by atoms with E-state index in [1.807, 2.05) is 0 Å². The van der Waals surface area contributed by atoms with E-state index in [0.29, 0.717) is 17.9 Å². The highest BCUT2D eigenvalue weighted by molar-refractivity contribution is 5.84. The van der Waals surface area contributed by atoms with Crippen molar-refractivity contribution in [2.45, 2.75) is 6.92 Å². The van der Waals surface area contributed by atoms with Crippen molar-refractivity contribution in [3.05, 3.63) is 29.8 Å². The molecule has 1 aromatic rings. The number of urea groups is 1. The molecular weight excluding hydrogens is 250 g/mol. The molecule has 3 N–H and O–H groups in total. The highest BCUT2D eigenvalue weighted by Crippen LogP contribution is 2.15. The maximum absolute atomic E-state index is 11.2. The van der Waals surface area contributed by atoms with Crippen molar-refractivity contribution in [3.63, 3.8) is 0 Å². The van der Waals surface area contributed by atoms with E-state index in [9.17, 15) is 9.59 Å². The lowest BCUT2D eigenvalue weighted by Crippen LogP contribution is -2.24. The number of hydrazone groups is 1. The average Bonchev–Trinajstić information content (AvgIpc) is 2.37. The Morgan fingerprint density at radius 1 is 1.42 bits per heavy atom. The van der Waals surface area contributed by atoms with Crippen LogP contribution in [0, 0.1) is 0 Å². The minimum atomic E-state index is -0.763. The Morgan fingerprint density at radius 2 is 2.16 bits per heavy atom. The van der Waals surface area contributed by atoms with Crippen LogP contribution in [0.5, 0.6) is 5.75 Å². The average molecular weight is 265 g/mol. The van der Waals surface area contributed by atoms with Gasteiger partial charge in [0.25, 0.3) is 0 Å². The van der Waals surface area contributed by atoms with Gasteiger partial charge in [-0.3, -0.25) is 0 Å². The van der Waals surface area contributed by atoms with Crippen molar-refractivity contribution in [1.29, 1.82) is 0 Å². The van der Waals surface area contributed by atoms with E-state index in [1.165, 1.54) is 6.21 Å². The zero-order valence-electron chi connectivity index (χ0n) is 10.5. The summed E-state index contributed by atoms with van der Waals surface area (Å²) in [5.74, 6) is -0.00456. The number of para-hydroxylation sites is 1. The zero-order valence-corrected chi connectivity index (χ0v) is 10.5. The number of nitrogens with two attached hydrogens (primary N) is 1. The summed E-state index contributed by atoms with van der Waals surface area (Å²) < 4.78 is 10.0. The molecule has 0 aromatic heterocycles. The van der Waals surface area contributed by atoms with Gasteiger partial charge < -0.3 is 15.2 Å². The van der Waals surface area contributed by atoms with Gasteiger partial charge in [-0.25, -0.2) is 15.0 Å². The molecule has 0 saturated heterocycles. The molecule has 1 aromatic carbocycles. The van der Waals surface area contributed by atoms with Crippen LogP contribution in [0.25, 0.3) is 0 Å². The molecule has 19 heavy (non-hydrogen) atoms. The molecular formula is C12H15N3O4. The molecule has 0 unspecified atom stereocenters. The molecule has 0 atom stereocenters. The minimum Gasteiger partial charge on any atom is -0.481 e. The van der Waals surface area contributed by atoms with Crippen LogP contribution in [0.4, 0.5) is 4.79 Å². The fourth-order valence-electron chi connectivity index (χ4n) is 1.22. The SMILES string of the molecule is CCOC(=O)COc1ccccc1C=NNC(N)=O. The standard InChI is InChI=1S/C12H15N3O4/c1-2-18-11(16)8-19-10-6-4-3-5-9(10)7-14-15-12(13)17/h3-7H,2,8H2,1H3,(H3,13,15,17). The van der Waals surface area contributed by atoms with Crippen LogP contribution in [-0.4, -0.2) is 31.4 Å². The fourth-order valence-corrected chi connectivity index (χ4v) is 1.22. The van der Waals surface area contributed by atoms with Crippen LogP contribution in [-0.2, 0) is 9.53 Å². The Bertz CT molecular complexity index is 474. The molecule has 0 aliphatic carbocycles. The normalized spacial score (nSPS) is 10.2. The molecule has 102 valence electrons. The Balaban J connectivity index is 2.65. The molecule has 0 heterocycles. The van der Waals surface area contributed by atoms with Crippen molar-refractivity contribution in [2.24, 2.45) is 10.8 Å². The largest absolute Gasteiger partial charge is 0.481 e. The van der Waals surface area contributed by atoms with Gasteiger partial charge in [0, 0.05) is 5.56 Å². The smallest absolute Gasteiger partial charge is 0.344 e. The quantitative estimate of drug-likeness (QED) is 0.447. The summed E-state index contributed by atoms with van der Waals surface area (Å²) in [6.45, 7) is 1.82. The Morgan fingerprint density at radius 3 is 2.84 bits per heavy atom. The number of rotatable bonds is 6. The van der Waals surface area contributed by atoms with Gasteiger partial charge in [0.05, 0.1) is 12.8 Å². The van der Waals surface area contributed by atoms with Gasteiger partial charge in [-0.1, -0.05) is 12.1 Å². The second-order valence-electron chi connectivity index (χ2n) is 3.37. The first-order valence-electron chi connectivity index (χ1n) is 5.59. The number of nitrogens with zero attached hydrogens (tertiary/aromatic N) is 1. The van der Waals surface area contributed by atoms with Crippen LogP contribution in [0.1, 0.15) is 12.5 Å². The van der Waals surface area contributed by atoms with E-state index in [1.54, 1.807) is 31.2 Å². The topological polar surface area (TPSA) is 103 Å². The monoisotopic (exact) mass is 265 g/mol. The van der Waals surface area contributed by atoms with Crippen LogP contribution in [0.3, 0.4) is 0 Å². The highest BCUT2D eigenvalue weighted by atomic mass is 16.6. The molecule has 0 saturated carbocycles. The Hall–Kier alpha value is -2.57. The van der Waals surface area contributed by atoms with E-state index in [2.05, 4.69) is 10.5 Å². The number of primary amides is 1. The lowest BCUT2D eigenvalue weighted by Gasteiger charge is -2.08. The van der Waals surface area contributed by atoms with Crippen molar-refractivity contribution in [3.8, 4) is 5.75 Å². The molecule has 0 aliphatic heterocycles. The van der Waals surface area contributed by atoms with Crippen LogP contribution in [0.2, 0.25) is 0 Å². The summed E-state index contributed by atoms with van der Waals surface area (Å²) in [4.78, 5) is 21.6. The second-order valence-corrected chi connectivity index (χ2v) is 3.37. The predicted octanol–water partition coefficient (Wildman–Crippen LogP) is 0.631. The maximum atomic E-state index is 11.2. The van der Waals surface area contributed by atoms with Gasteiger partial charge in [0.15, 0.2) is 6.61 Å². The number of hydrogen-bond donors (Lipinski definition) is 2. The first-order chi connectivity index (χ1) is 9.13. The number of carbonyl (C=O) groups is 2. The number of esters is 1. The second kappa shape index (κ2) is 7.70. The molecule has 1 rings (SSSR count). The summed E-state index contributed by atoms with van der Waals surface area (Å²) in [5.41, 5.74) is 7.54. The molecule has 0 spiro atoms. The van der Waals surface area contributed by atoms with E-state index >= 15 is 0 Å². The summed E-state index contributed by atoms with van der Waals surface area (Å²) in [7, 11) is 0. The number of hydrogen-bond acceptors (Lipinski definition) is 5. The fraction of sp³-hybridized carbons (Fsp3) is 0.250. The van der Waals surface area contributed by atoms with Crippen LogP contribution < -0.4 is 15.9 Å². The summed E-state index contributed by atoms with van der Waals surface area (Å²) in [6.07, 6.45) is 1.37. The van der Waals surface area contributed by atoms with Gasteiger partial charge in [0.1, 0.15) is 5.75 Å². The third kappa shape index (κ3) is 5.53. The van der Waals surface area contributed by atoms with E-state index in [4.69, 9.17) is 15.2 Å². The van der Waals surface area contributed by atoms with Gasteiger partial charge in [-0.05, 0) is 19.1 Å². The van der Waals surface area contributed by atoms with Crippen LogP contribution in [0.15, 0.2) is 29.4 Å². The van der Waals surface area contributed by atoms with Gasteiger partial charge >= 0.3 is 12.0 Å². The molecule has 7 nitrogen and oxygen atoms in total. The Labute approximate surface area is 110 Å². The lowest BCUT2D eigenvalue weighted by atomic mass is 10.2. The number of amides is 2. The number of nitrogens with one attached hydrogen (secondary N) is 1. The summed E-state index contributed by atoms with van der Waals surface area (Å²) >= 11 is 0. The first kappa shape index (κ1) is 14.5. The first-order valence-corrected chi connectivity index (χ1v) is 5.59. The molecule has 0 fully saturated rings. The third-order valence-electron chi connectivity index (χ3n) is 1.95. The van der Waals surface area contributed by atoms with Crippen LogP contribution >= 0.6 is 0 Å². The van der Waals surface area contributed by atoms with Crippen molar-refractivity contribution in [2.75, 3.05) is 13.2 Å². The predicted molar refractivity (Wildman–Crippen MR) is 68.9 cm³/mol. The lowest BCUT2D eigenvalue weighted by molar-refractivity contribution is -0.145. The van der Waals surface area contributed by atoms with Gasteiger partial charge in [-0.15, -0.1) is 0 Å². The van der Waals surface area contributed by atoms with E-state index in [0.717, 1.165) is 0 Å². The maximum Gasteiger partial charge on any atom is 0.344 e. The summed E-state index contributed by atoms with van der Waals surface area (Å²) in [5, 5.41) is 3.62. The Kier molecular flexibility index (Phi) is 5.87. The number of carbonyl (C=O) groups excluding carboxylic acids is 2. The highest BCUT2D eigenvalue weighted by Gasteiger charge is 2.05. The van der Waals surface area contributed by atoms with E-state index < -0.39 is 12.0 Å². The molecule has 2 amide bonds. The molecule has 7 heteroatoms. The minimum absolute atomic E-state index is 0.193. The van der Waals surface area contributed by atoms with Gasteiger partial charge in [0.2, 0.25) is 0 Å². The number of ether oxygens (including phenoxy) is 2. The molecule has 0 aliphatic rings. The third-order valence-corrected chi connectivity index (χ3v) is 1.95. The van der Waals surface area contributed by atoms with Crippen molar-refractivity contribution >= 4 is 18.2 Å². The van der Waals surface area contributed by atoms with Gasteiger partial charge in [-0.2, -0.15) is 5.10 Å². The summed E-state index contributed by atoms with van der Waals surface area (Å²) in [6, 6.07) is 6.14. The van der Waals surface area contributed by atoms with Crippen molar-refractivity contribution in [1.82, 2.24) is 5.43 Å². The van der Waals surface area contributed by atoms with Crippen molar-refractivity contribution < 1.29 is 19.1 Å². The molecule has 0 bridgehead atoms. The number of benzene rings is 1. The zero-order chi connectivity index (χ0) is 14.1.